The SMILES string of the molecule is Cc1ccc(S(=O)(=O)N[C@@H](Cc2ccccc2)C(=O)O)cc1C. The number of sulfonamides is 1. The standard InChI is InChI=1S/C17H19NO4S/c1-12-8-9-15(10-13(12)2)23(21,22)18-16(17(19)20)11-14-6-4-3-5-7-14/h3-10,16,18H,11H2,1-2H3,(H,19,20)/t16-/m0/s1. The quantitative estimate of drug-likeness (QED) is 0.849. The van der Waals surface area contributed by atoms with E-state index in [1.807, 2.05) is 19.9 Å². The van der Waals surface area contributed by atoms with Gasteiger partial charge in [-0.05, 0) is 49.1 Å². The number of aryl methyl sites for hydroxylation is 2. The summed E-state index contributed by atoms with van der Waals surface area (Å²) >= 11 is 0. The number of benzene rings is 2. The first-order chi connectivity index (χ1) is 10.8. The Morgan fingerprint density at radius 3 is 2.30 bits per heavy atom. The number of aliphatic carboxylic acids is 1. The fourth-order valence-electron chi connectivity index (χ4n) is 2.17. The second-order valence-electron chi connectivity index (χ2n) is 5.45. The molecule has 23 heavy (non-hydrogen) atoms. The van der Waals surface area contributed by atoms with Gasteiger partial charge >= 0.3 is 5.97 Å². The van der Waals surface area contributed by atoms with Crippen LogP contribution in [0.25, 0.3) is 0 Å². The van der Waals surface area contributed by atoms with Crippen LogP contribution in [-0.2, 0) is 21.2 Å². The first-order valence-corrected chi connectivity index (χ1v) is 8.64. The third-order valence-electron chi connectivity index (χ3n) is 3.67. The Kier molecular flexibility index (Phi) is 5.18. The summed E-state index contributed by atoms with van der Waals surface area (Å²) in [5.41, 5.74) is 2.56. The summed E-state index contributed by atoms with van der Waals surface area (Å²) in [6.07, 6.45) is 0.0836. The Labute approximate surface area is 136 Å². The first-order valence-electron chi connectivity index (χ1n) is 7.16. The summed E-state index contributed by atoms with van der Waals surface area (Å²) in [6, 6.07) is 12.4. The van der Waals surface area contributed by atoms with E-state index >= 15 is 0 Å². The minimum absolute atomic E-state index is 0.0694. The van der Waals surface area contributed by atoms with Gasteiger partial charge in [-0.15, -0.1) is 0 Å². The Morgan fingerprint density at radius 2 is 1.74 bits per heavy atom. The highest BCUT2D eigenvalue weighted by atomic mass is 32.2. The Hall–Kier alpha value is -2.18. The smallest absolute Gasteiger partial charge is 0.322 e. The normalized spacial score (nSPS) is 12.8. The average Bonchev–Trinajstić information content (AvgIpc) is 2.50. The van der Waals surface area contributed by atoms with Crippen LogP contribution in [0.3, 0.4) is 0 Å². The van der Waals surface area contributed by atoms with E-state index in [1.54, 1.807) is 36.4 Å². The molecule has 2 aromatic rings. The van der Waals surface area contributed by atoms with Gasteiger partial charge in [0.1, 0.15) is 6.04 Å². The van der Waals surface area contributed by atoms with E-state index in [9.17, 15) is 18.3 Å². The van der Waals surface area contributed by atoms with E-state index in [0.717, 1.165) is 16.7 Å². The molecule has 0 aliphatic rings. The fourth-order valence-corrected chi connectivity index (χ4v) is 3.44. The molecule has 2 rings (SSSR count). The van der Waals surface area contributed by atoms with Gasteiger partial charge in [-0.3, -0.25) is 4.79 Å². The van der Waals surface area contributed by atoms with Crippen LogP contribution in [0.15, 0.2) is 53.4 Å². The molecule has 0 heterocycles. The molecule has 0 saturated heterocycles. The molecule has 0 unspecified atom stereocenters. The summed E-state index contributed by atoms with van der Waals surface area (Å²) < 4.78 is 27.1. The number of carbonyl (C=O) groups is 1. The number of nitrogens with one attached hydrogen (secondary N) is 1. The molecule has 6 heteroatoms. The maximum Gasteiger partial charge on any atom is 0.322 e. The van der Waals surface area contributed by atoms with Crippen molar-refractivity contribution in [1.82, 2.24) is 4.72 Å². The zero-order valence-corrected chi connectivity index (χ0v) is 13.8. The zero-order valence-electron chi connectivity index (χ0n) is 13.0. The first kappa shape index (κ1) is 17.2. The highest BCUT2D eigenvalue weighted by Gasteiger charge is 2.25. The topological polar surface area (TPSA) is 83.5 Å². The number of hydrogen-bond acceptors (Lipinski definition) is 3. The van der Waals surface area contributed by atoms with Crippen LogP contribution in [-0.4, -0.2) is 25.5 Å². The molecule has 1 atom stereocenters. The molecule has 2 aromatic carbocycles. The van der Waals surface area contributed by atoms with Crippen LogP contribution >= 0.6 is 0 Å². The van der Waals surface area contributed by atoms with E-state index < -0.39 is 22.0 Å². The molecule has 0 aliphatic carbocycles. The van der Waals surface area contributed by atoms with Crippen LogP contribution in [0.4, 0.5) is 0 Å². The molecule has 0 aromatic heterocycles. The van der Waals surface area contributed by atoms with Gasteiger partial charge in [0.05, 0.1) is 4.90 Å². The zero-order chi connectivity index (χ0) is 17.0. The van der Waals surface area contributed by atoms with E-state index in [1.165, 1.54) is 6.07 Å². The molecular formula is C17H19NO4S. The highest BCUT2D eigenvalue weighted by Crippen LogP contribution is 2.16. The van der Waals surface area contributed by atoms with Gasteiger partial charge in [0.2, 0.25) is 10.0 Å². The van der Waals surface area contributed by atoms with E-state index in [2.05, 4.69) is 4.72 Å². The summed E-state index contributed by atoms with van der Waals surface area (Å²) in [4.78, 5) is 11.5. The van der Waals surface area contributed by atoms with Crippen LogP contribution in [0, 0.1) is 13.8 Å². The lowest BCUT2D eigenvalue weighted by atomic mass is 10.1. The minimum atomic E-state index is -3.89. The van der Waals surface area contributed by atoms with E-state index in [4.69, 9.17) is 0 Å². The largest absolute Gasteiger partial charge is 0.480 e. The molecule has 0 spiro atoms. The molecule has 0 radical (unpaired) electrons. The van der Waals surface area contributed by atoms with Crippen LogP contribution < -0.4 is 4.72 Å². The van der Waals surface area contributed by atoms with Crippen molar-refractivity contribution in [3.8, 4) is 0 Å². The third kappa shape index (κ3) is 4.40. The number of carboxylic acid groups (broad SMARTS) is 1. The van der Waals surface area contributed by atoms with Crippen LogP contribution in [0.1, 0.15) is 16.7 Å². The summed E-state index contributed by atoms with van der Waals surface area (Å²) in [5, 5.41) is 9.32. The average molecular weight is 333 g/mol. The van der Waals surface area contributed by atoms with Crippen LogP contribution in [0.5, 0.6) is 0 Å². The summed E-state index contributed by atoms with van der Waals surface area (Å²) in [5.74, 6) is -1.21. The number of rotatable bonds is 6. The molecule has 0 saturated carbocycles. The summed E-state index contributed by atoms with van der Waals surface area (Å²) in [7, 11) is -3.89. The lowest BCUT2D eigenvalue weighted by Gasteiger charge is -2.15. The second kappa shape index (κ2) is 6.93. The minimum Gasteiger partial charge on any atom is -0.480 e. The summed E-state index contributed by atoms with van der Waals surface area (Å²) in [6.45, 7) is 3.70. The highest BCUT2D eigenvalue weighted by molar-refractivity contribution is 7.89. The van der Waals surface area contributed by atoms with Crippen molar-refractivity contribution < 1.29 is 18.3 Å². The van der Waals surface area contributed by atoms with Crippen LogP contribution in [0.2, 0.25) is 0 Å². The predicted octanol–water partition coefficient (Wildman–Crippen LogP) is 2.28. The maximum absolute atomic E-state index is 12.4. The van der Waals surface area contributed by atoms with Crippen molar-refractivity contribution in [2.75, 3.05) is 0 Å². The molecule has 0 amide bonds. The Morgan fingerprint density at radius 1 is 1.09 bits per heavy atom. The van der Waals surface area contributed by atoms with Crippen molar-refractivity contribution >= 4 is 16.0 Å². The molecular weight excluding hydrogens is 314 g/mol. The molecule has 0 bridgehead atoms. The van der Waals surface area contributed by atoms with Crippen molar-refractivity contribution in [3.63, 3.8) is 0 Å². The van der Waals surface area contributed by atoms with E-state index in [0.29, 0.717) is 0 Å². The lowest BCUT2D eigenvalue weighted by Crippen LogP contribution is -2.42. The molecule has 5 nitrogen and oxygen atoms in total. The predicted molar refractivity (Wildman–Crippen MR) is 87.8 cm³/mol. The monoisotopic (exact) mass is 333 g/mol. The van der Waals surface area contributed by atoms with Gasteiger partial charge in [-0.25, -0.2) is 8.42 Å². The Balaban J connectivity index is 2.24. The maximum atomic E-state index is 12.4. The number of hydrogen-bond donors (Lipinski definition) is 2. The van der Waals surface area contributed by atoms with Crippen molar-refractivity contribution in [2.45, 2.75) is 31.2 Å². The number of carboxylic acids is 1. The van der Waals surface area contributed by atoms with Gasteiger partial charge in [0.15, 0.2) is 0 Å². The molecule has 0 aliphatic heterocycles. The molecule has 122 valence electrons. The van der Waals surface area contributed by atoms with Crippen molar-refractivity contribution in [3.05, 3.63) is 65.2 Å². The van der Waals surface area contributed by atoms with Gasteiger partial charge in [-0.1, -0.05) is 36.4 Å². The van der Waals surface area contributed by atoms with Crippen molar-refractivity contribution in [1.29, 1.82) is 0 Å². The van der Waals surface area contributed by atoms with Crippen molar-refractivity contribution in [2.24, 2.45) is 0 Å². The van der Waals surface area contributed by atoms with Gasteiger partial charge in [0.25, 0.3) is 0 Å². The molecule has 0 fully saturated rings. The third-order valence-corrected chi connectivity index (χ3v) is 5.14. The Bertz CT molecular complexity index is 801. The van der Waals surface area contributed by atoms with E-state index in [-0.39, 0.29) is 11.3 Å². The fraction of sp³-hybridized carbons (Fsp3) is 0.235. The van der Waals surface area contributed by atoms with Gasteiger partial charge in [-0.2, -0.15) is 4.72 Å². The van der Waals surface area contributed by atoms with Gasteiger partial charge < -0.3 is 5.11 Å². The van der Waals surface area contributed by atoms with Gasteiger partial charge in [0, 0.05) is 0 Å². The molecule has 2 N–H and O–H groups in total. The lowest BCUT2D eigenvalue weighted by molar-refractivity contribution is -0.138. The second-order valence-corrected chi connectivity index (χ2v) is 7.16.